The Hall–Kier alpha value is -2.40. The molecule has 0 fully saturated rings. The lowest BCUT2D eigenvalue weighted by atomic mass is 10.2. The van der Waals surface area contributed by atoms with Gasteiger partial charge in [0.2, 0.25) is 0 Å². The van der Waals surface area contributed by atoms with E-state index in [0.717, 1.165) is 17.7 Å². The molecule has 23 heavy (non-hydrogen) atoms. The van der Waals surface area contributed by atoms with E-state index < -0.39 is 0 Å². The number of nitrogens with one attached hydrogen (secondary N) is 2. The molecule has 0 aromatic heterocycles. The number of carbonyl (C=O) groups is 1. The second-order valence-corrected chi connectivity index (χ2v) is 5.53. The van der Waals surface area contributed by atoms with Crippen LogP contribution in [-0.4, -0.2) is 17.6 Å². The highest BCUT2D eigenvalue weighted by Gasteiger charge is 2.13. The maximum atomic E-state index is 12.4. The molecule has 0 aliphatic rings. The van der Waals surface area contributed by atoms with Crippen molar-refractivity contribution in [2.24, 2.45) is 0 Å². The van der Waals surface area contributed by atoms with E-state index in [0.29, 0.717) is 17.9 Å². The highest BCUT2D eigenvalue weighted by Crippen LogP contribution is 2.18. The monoisotopic (exact) mass is 328 g/mol. The first-order valence-corrected chi connectivity index (χ1v) is 7.92. The van der Waals surface area contributed by atoms with E-state index in [1.807, 2.05) is 44.2 Å². The fourth-order valence-electron chi connectivity index (χ4n) is 1.96. The molecule has 2 N–H and O–H groups in total. The number of aryl methyl sites for hydroxylation is 1. The normalized spacial score (nSPS) is 10.0. The molecule has 1 amide bonds. The van der Waals surface area contributed by atoms with Crippen molar-refractivity contribution in [3.8, 4) is 5.75 Å². The number of benzene rings is 2. The van der Waals surface area contributed by atoms with Gasteiger partial charge < -0.3 is 10.1 Å². The van der Waals surface area contributed by atoms with Gasteiger partial charge in [-0.15, -0.1) is 0 Å². The summed E-state index contributed by atoms with van der Waals surface area (Å²) in [6.07, 6.45) is 0.878. The Kier molecular flexibility index (Phi) is 6.11. The molecule has 0 heterocycles. The number of thiocarbonyl (C=S) groups is 1. The van der Waals surface area contributed by atoms with Gasteiger partial charge in [-0.25, -0.2) is 0 Å². The van der Waals surface area contributed by atoms with Crippen LogP contribution in [0.1, 0.15) is 29.3 Å². The van der Waals surface area contributed by atoms with E-state index in [2.05, 4.69) is 10.6 Å². The van der Waals surface area contributed by atoms with E-state index >= 15 is 0 Å². The minimum absolute atomic E-state index is 0.254. The first-order chi connectivity index (χ1) is 11.1. The predicted octanol–water partition coefficient (Wildman–Crippen LogP) is 3.91. The van der Waals surface area contributed by atoms with Crippen molar-refractivity contribution in [2.45, 2.75) is 20.3 Å². The first kappa shape index (κ1) is 17.0. The third-order valence-electron chi connectivity index (χ3n) is 3.13. The fraction of sp³-hybridized carbons (Fsp3) is 0.222. The molecule has 0 unspecified atom stereocenters. The van der Waals surface area contributed by atoms with E-state index in [1.54, 1.807) is 18.2 Å². The molecule has 0 saturated heterocycles. The molecule has 4 nitrogen and oxygen atoms in total. The van der Waals surface area contributed by atoms with Crippen molar-refractivity contribution < 1.29 is 9.53 Å². The summed E-state index contributed by atoms with van der Waals surface area (Å²) in [4.78, 5) is 12.4. The lowest BCUT2D eigenvalue weighted by molar-refractivity contribution is 0.0973. The summed E-state index contributed by atoms with van der Waals surface area (Å²) in [6, 6.07) is 14.9. The highest BCUT2D eigenvalue weighted by atomic mass is 32.1. The largest absolute Gasteiger partial charge is 0.493 e. The molecule has 0 atom stereocenters. The Labute approximate surface area is 141 Å². The van der Waals surface area contributed by atoms with Crippen molar-refractivity contribution in [3.63, 3.8) is 0 Å². The van der Waals surface area contributed by atoms with E-state index in [4.69, 9.17) is 17.0 Å². The van der Waals surface area contributed by atoms with Crippen LogP contribution >= 0.6 is 12.2 Å². The fourth-order valence-corrected chi connectivity index (χ4v) is 2.17. The minimum atomic E-state index is -0.290. The molecule has 5 heteroatoms. The van der Waals surface area contributed by atoms with Crippen LogP contribution in [0.5, 0.6) is 5.75 Å². The quantitative estimate of drug-likeness (QED) is 0.817. The molecule has 2 aromatic carbocycles. The number of anilines is 1. The second-order valence-electron chi connectivity index (χ2n) is 5.12. The van der Waals surface area contributed by atoms with Crippen LogP contribution in [0.25, 0.3) is 0 Å². The van der Waals surface area contributed by atoms with Crippen LogP contribution in [0.4, 0.5) is 5.69 Å². The minimum Gasteiger partial charge on any atom is -0.493 e. The molecular formula is C18H20N2O2S. The molecule has 0 aliphatic carbocycles. The number of ether oxygens (including phenoxy) is 1. The molecule has 2 aromatic rings. The van der Waals surface area contributed by atoms with Gasteiger partial charge in [-0.05, 0) is 49.8 Å². The molecular weight excluding hydrogens is 308 g/mol. The van der Waals surface area contributed by atoms with Crippen LogP contribution in [0.15, 0.2) is 48.5 Å². The van der Waals surface area contributed by atoms with Crippen LogP contribution in [0, 0.1) is 6.92 Å². The zero-order valence-corrected chi connectivity index (χ0v) is 14.1. The predicted molar refractivity (Wildman–Crippen MR) is 97.1 cm³/mol. The number of hydrogen-bond donors (Lipinski definition) is 2. The van der Waals surface area contributed by atoms with Crippen molar-refractivity contribution in [2.75, 3.05) is 11.9 Å². The lowest BCUT2D eigenvalue weighted by Gasteiger charge is -2.12. The van der Waals surface area contributed by atoms with Crippen molar-refractivity contribution in [1.82, 2.24) is 5.32 Å². The van der Waals surface area contributed by atoms with Gasteiger partial charge in [-0.1, -0.05) is 36.8 Å². The number of carbonyl (C=O) groups excluding carboxylic acids is 1. The molecule has 0 radical (unpaired) electrons. The summed E-state index contributed by atoms with van der Waals surface area (Å²) in [5.41, 5.74) is 2.46. The van der Waals surface area contributed by atoms with Gasteiger partial charge in [-0.3, -0.25) is 10.1 Å². The molecule has 0 aliphatic heterocycles. The van der Waals surface area contributed by atoms with Crippen molar-refractivity contribution in [3.05, 3.63) is 59.7 Å². The standard InChI is InChI=1S/C18H20N2O2S/c1-3-12-22-16-7-5-4-6-15(16)17(21)20-18(23)19-14-10-8-13(2)9-11-14/h4-11H,3,12H2,1-2H3,(H2,19,20,21,23). The molecule has 0 spiro atoms. The van der Waals surface area contributed by atoms with Gasteiger partial charge in [0, 0.05) is 5.69 Å². The molecule has 0 bridgehead atoms. The Morgan fingerprint density at radius 3 is 2.52 bits per heavy atom. The summed E-state index contributed by atoms with van der Waals surface area (Å²) < 4.78 is 5.60. The highest BCUT2D eigenvalue weighted by molar-refractivity contribution is 7.80. The average Bonchev–Trinajstić information content (AvgIpc) is 2.55. The van der Waals surface area contributed by atoms with Crippen molar-refractivity contribution >= 4 is 28.9 Å². The van der Waals surface area contributed by atoms with Crippen molar-refractivity contribution in [1.29, 1.82) is 0 Å². The van der Waals surface area contributed by atoms with E-state index in [-0.39, 0.29) is 11.0 Å². The van der Waals surface area contributed by atoms with Gasteiger partial charge >= 0.3 is 0 Å². The summed E-state index contributed by atoms with van der Waals surface area (Å²) >= 11 is 5.19. The summed E-state index contributed by atoms with van der Waals surface area (Å²) in [5, 5.41) is 5.92. The summed E-state index contributed by atoms with van der Waals surface area (Å²) in [5.74, 6) is 0.270. The average molecular weight is 328 g/mol. The maximum absolute atomic E-state index is 12.4. The van der Waals surface area contributed by atoms with Crippen LogP contribution in [0.2, 0.25) is 0 Å². The van der Waals surface area contributed by atoms with Crippen LogP contribution in [-0.2, 0) is 0 Å². The Balaban J connectivity index is 2.01. The smallest absolute Gasteiger partial charge is 0.261 e. The van der Waals surface area contributed by atoms with Crippen LogP contribution in [0.3, 0.4) is 0 Å². The maximum Gasteiger partial charge on any atom is 0.261 e. The number of amides is 1. The summed E-state index contributed by atoms with van der Waals surface area (Å²) in [7, 11) is 0. The lowest BCUT2D eigenvalue weighted by Crippen LogP contribution is -2.34. The first-order valence-electron chi connectivity index (χ1n) is 7.51. The van der Waals surface area contributed by atoms with E-state index in [9.17, 15) is 4.79 Å². The third-order valence-corrected chi connectivity index (χ3v) is 3.33. The van der Waals surface area contributed by atoms with Gasteiger partial charge in [-0.2, -0.15) is 0 Å². The van der Waals surface area contributed by atoms with Gasteiger partial charge in [0.1, 0.15) is 5.75 Å². The summed E-state index contributed by atoms with van der Waals surface area (Å²) in [6.45, 7) is 4.59. The van der Waals surface area contributed by atoms with E-state index in [1.165, 1.54) is 0 Å². The van der Waals surface area contributed by atoms with Crippen LogP contribution < -0.4 is 15.4 Å². The molecule has 2 rings (SSSR count). The zero-order valence-electron chi connectivity index (χ0n) is 13.3. The number of para-hydroxylation sites is 1. The van der Waals surface area contributed by atoms with Gasteiger partial charge in [0.15, 0.2) is 5.11 Å². The topological polar surface area (TPSA) is 50.4 Å². The third kappa shape index (κ3) is 5.07. The Morgan fingerprint density at radius 2 is 1.83 bits per heavy atom. The zero-order chi connectivity index (χ0) is 16.7. The Morgan fingerprint density at radius 1 is 1.13 bits per heavy atom. The molecule has 120 valence electrons. The molecule has 0 saturated carbocycles. The number of hydrogen-bond acceptors (Lipinski definition) is 3. The van der Waals surface area contributed by atoms with Gasteiger partial charge in [0.05, 0.1) is 12.2 Å². The van der Waals surface area contributed by atoms with Gasteiger partial charge in [0.25, 0.3) is 5.91 Å². The number of rotatable bonds is 5. The second kappa shape index (κ2) is 8.29. The SMILES string of the molecule is CCCOc1ccccc1C(=O)NC(=S)Nc1ccc(C)cc1. The Bertz CT molecular complexity index is 684.